The molecule has 1 aliphatic rings. The van der Waals surface area contributed by atoms with E-state index in [1.54, 1.807) is 0 Å². The largest absolute Gasteiger partial charge is 0.376 e. The minimum absolute atomic E-state index is 0.202. The van der Waals surface area contributed by atoms with Gasteiger partial charge < -0.3 is 19.4 Å². The maximum Gasteiger partial charge on any atom is 0.0933 e. The molecule has 1 N–H and O–H groups in total. The van der Waals surface area contributed by atoms with Gasteiger partial charge in [-0.2, -0.15) is 0 Å². The van der Waals surface area contributed by atoms with E-state index in [-0.39, 0.29) is 6.10 Å². The Morgan fingerprint density at radius 3 is 2.83 bits per heavy atom. The van der Waals surface area contributed by atoms with Crippen LogP contribution in [0.25, 0.3) is 0 Å². The molecule has 1 fully saturated rings. The van der Waals surface area contributed by atoms with Crippen LogP contribution < -0.4 is 5.32 Å². The van der Waals surface area contributed by atoms with Gasteiger partial charge in [-0.3, -0.25) is 0 Å². The summed E-state index contributed by atoms with van der Waals surface area (Å²) in [5.74, 6) is 0. The van der Waals surface area contributed by atoms with Crippen LogP contribution in [0.2, 0.25) is 0 Å². The average molecular weight is 252 g/mol. The number of rotatable bonds is 5. The third-order valence-electron chi connectivity index (χ3n) is 3.57. The zero-order chi connectivity index (χ0) is 13.0. The number of hydrogen-bond donors (Lipinski definition) is 1. The normalized spacial score (nSPS) is 20.3. The lowest BCUT2D eigenvalue weighted by Crippen LogP contribution is -2.37. The summed E-state index contributed by atoms with van der Waals surface area (Å²) >= 11 is 0. The first-order chi connectivity index (χ1) is 8.72. The fraction of sp³-hybridized carbons (Fsp3) is 0.714. The van der Waals surface area contributed by atoms with Gasteiger partial charge in [-0.25, -0.2) is 0 Å². The molecule has 1 unspecified atom stereocenters. The number of aromatic nitrogens is 1. The van der Waals surface area contributed by atoms with Gasteiger partial charge in [-0.05, 0) is 32.4 Å². The van der Waals surface area contributed by atoms with Crippen LogP contribution in [-0.2, 0) is 22.6 Å². The predicted octanol–water partition coefficient (Wildman–Crippen LogP) is 1.63. The molecule has 1 aliphatic heterocycles. The molecule has 0 aliphatic carbocycles. The van der Waals surface area contributed by atoms with Crippen LogP contribution in [0.15, 0.2) is 6.07 Å². The lowest BCUT2D eigenvalue weighted by atomic mass is 10.2. The molecule has 0 spiro atoms. The number of nitrogens with one attached hydrogen (secondary N) is 1. The second kappa shape index (κ2) is 6.36. The molecular formula is C14H24N2O2. The Labute approximate surface area is 109 Å². The van der Waals surface area contributed by atoms with Crippen LogP contribution in [0, 0.1) is 13.8 Å². The SMILES string of the molecule is CCn1c(C)cc(CNCC2COCCO2)c1C. The van der Waals surface area contributed by atoms with E-state index < -0.39 is 0 Å². The monoisotopic (exact) mass is 252 g/mol. The minimum Gasteiger partial charge on any atom is -0.376 e. The smallest absolute Gasteiger partial charge is 0.0933 e. The Hall–Kier alpha value is -0.840. The summed E-state index contributed by atoms with van der Waals surface area (Å²) in [6.07, 6.45) is 0.202. The first kappa shape index (κ1) is 13.6. The van der Waals surface area contributed by atoms with Gasteiger partial charge in [0.1, 0.15) is 0 Å². The first-order valence-corrected chi connectivity index (χ1v) is 6.78. The Morgan fingerprint density at radius 2 is 2.22 bits per heavy atom. The summed E-state index contributed by atoms with van der Waals surface area (Å²) in [5, 5.41) is 3.46. The molecule has 0 saturated carbocycles. The number of ether oxygens (including phenoxy) is 2. The molecule has 18 heavy (non-hydrogen) atoms. The van der Waals surface area contributed by atoms with Gasteiger partial charge >= 0.3 is 0 Å². The zero-order valence-corrected chi connectivity index (χ0v) is 11.7. The quantitative estimate of drug-likeness (QED) is 0.865. The summed E-state index contributed by atoms with van der Waals surface area (Å²) in [6, 6.07) is 2.27. The van der Waals surface area contributed by atoms with Gasteiger partial charge in [0, 0.05) is 31.0 Å². The van der Waals surface area contributed by atoms with Crippen LogP contribution >= 0.6 is 0 Å². The molecule has 2 rings (SSSR count). The number of aryl methyl sites for hydroxylation is 1. The molecule has 0 radical (unpaired) electrons. The molecule has 4 heteroatoms. The summed E-state index contributed by atoms with van der Waals surface area (Å²) < 4.78 is 13.3. The maximum absolute atomic E-state index is 5.60. The van der Waals surface area contributed by atoms with Crippen molar-refractivity contribution in [3.63, 3.8) is 0 Å². The molecule has 0 bridgehead atoms. The molecule has 0 amide bonds. The standard InChI is InChI=1S/C14H24N2O2/c1-4-16-11(2)7-13(12(16)3)8-15-9-14-10-17-5-6-18-14/h7,14-15H,4-6,8-10H2,1-3H3. The zero-order valence-electron chi connectivity index (χ0n) is 11.7. The molecule has 1 atom stereocenters. The van der Waals surface area contributed by atoms with E-state index in [9.17, 15) is 0 Å². The Bertz CT molecular complexity index is 381. The molecular weight excluding hydrogens is 228 g/mol. The molecule has 1 saturated heterocycles. The summed E-state index contributed by atoms with van der Waals surface area (Å²) in [7, 11) is 0. The second-order valence-electron chi connectivity index (χ2n) is 4.84. The third-order valence-corrected chi connectivity index (χ3v) is 3.57. The Kier molecular flexibility index (Phi) is 4.80. The summed E-state index contributed by atoms with van der Waals surface area (Å²) in [5.41, 5.74) is 4.08. The maximum atomic E-state index is 5.60. The molecule has 4 nitrogen and oxygen atoms in total. The summed E-state index contributed by atoms with van der Waals surface area (Å²) in [4.78, 5) is 0. The van der Waals surface area contributed by atoms with E-state index in [2.05, 4.69) is 36.7 Å². The predicted molar refractivity (Wildman–Crippen MR) is 71.8 cm³/mol. The van der Waals surface area contributed by atoms with E-state index >= 15 is 0 Å². The van der Waals surface area contributed by atoms with Crippen LogP contribution in [0.4, 0.5) is 0 Å². The van der Waals surface area contributed by atoms with Crippen LogP contribution in [0.3, 0.4) is 0 Å². The van der Waals surface area contributed by atoms with Crippen molar-refractivity contribution in [3.8, 4) is 0 Å². The lowest BCUT2D eigenvalue weighted by molar-refractivity contribution is -0.0864. The average Bonchev–Trinajstić information content (AvgIpc) is 2.65. The fourth-order valence-electron chi connectivity index (χ4n) is 2.56. The van der Waals surface area contributed by atoms with Gasteiger partial charge in [-0.15, -0.1) is 0 Å². The molecule has 2 heterocycles. The van der Waals surface area contributed by atoms with Gasteiger partial charge in [-0.1, -0.05) is 0 Å². The fourth-order valence-corrected chi connectivity index (χ4v) is 2.56. The number of hydrogen-bond acceptors (Lipinski definition) is 3. The van der Waals surface area contributed by atoms with Gasteiger partial charge in [0.25, 0.3) is 0 Å². The van der Waals surface area contributed by atoms with E-state index in [1.807, 2.05) is 0 Å². The van der Waals surface area contributed by atoms with Crippen LogP contribution in [0.1, 0.15) is 23.9 Å². The van der Waals surface area contributed by atoms with Gasteiger partial charge in [0.2, 0.25) is 0 Å². The highest BCUT2D eigenvalue weighted by molar-refractivity contribution is 5.26. The van der Waals surface area contributed by atoms with Crippen molar-refractivity contribution in [2.24, 2.45) is 0 Å². The third kappa shape index (κ3) is 3.13. The number of nitrogens with zero attached hydrogens (tertiary/aromatic N) is 1. The molecule has 1 aromatic heterocycles. The van der Waals surface area contributed by atoms with Crippen LogP contribution in [-0.4, -0.2) is 37.0 Å². The molecule has 102 valence electrons. The van der Waals surface area contributed by atoms with Crippen molar-refractivity contribution >= 4 is 0 Å². The van der Waals surface area contributed by atoms with E-state index in [0.717, 1.165) is 32.8 Å². The molecule has 1 aromatic rings. The first-order valence-electron chi connectivity index (χ1n) is 6.78. The minimum atomic E-state index is 0.202. The van der Waals surface area contributed by atoms with Crippen molar-refractivity contribution in [2.45, 2.75) is 40.0 Å². The highest BCUT2D eigenvalue weighted by Crippen LogP contribution is 2.14. The van der Waals surface area contributed by atoms with Crippen molar-refractivity contribution in [2.75, 3.05) is 26.4 Å². The Balaban J connectivity index is 1.82. The van der Waals surface area contributed by atoms with Crippen LogP contribution in [0.5, 0.6) is 0 Å². The second-order valence-corrected chi connectivity index (χ2v) is 4.84. The van der Waals surface area contributed by atoms with E-state index in [1.165, 1.54) is 17.0 Å². The van der Waals surface area contributed by atoms with Crippen molar-refractivity contribution in [1.82, 2.24) is 9.88 Å². The topological polar surface area (TPSA) is 35.4 Å². The highest BCUT2D eigenvalue weighted by atomic mass is 16.6. The van der Waals surface area contributed by atoms with Crippen molar-refractivity contribution in [3.05, 3.63) is 23.0 Å². The highest BCUT2D eigenvalue weighted by Gasteiger charge is 2.14. The summed E-state index contributed by atoms with van der Waals surface area (Å²) in [6.45, 7) is 11.5. The van der Waals surface area contributed by atoms with Gasteiger partial charge in [0.05, 0.1) is 25.9 Å². The van der Waals surface area contributed by atoms with Gasteiger partial charge in [0.15, 0.2) is 0 Å². The van der Waals surface area contributed by atoms with E-state index in [4.69, 9.17) is 9.47 Å². The lowest BCUT2D eigenvalue weighted by Gasteiger charge is -2.23. The van der Waals surface area contributed by atoms with Crippen molar-refractivity contribution < 1.29 is 9.47 Å². The molecule has 0 aromatic carbocycles. The van der Waals surface area contributed by atoms with E-state index in [0.29, 0.717) is 6.61 Å². The Morgan fingerprint density at radius 1 is 1.39 bits per heavy atom. The van der Waals surface area contributed by atoms with Crippen molar-refractivity contribution in [1.29, 1.82) is 0 Å².